The van der Waals surface area contributed by atoms with Crippen LogP contribution < -0.4 is 5.32 Å². The molecule has 1 saturated heterocycles. The fourth-order valence-electron chi connectivity index (χ4n) is 2.58. The second kappa shape index (κ2) is 7.46. The summed E-state index contributed by atoms with van der Waals surface area (Å²) in [5, 5.41) is 14.3. The van der Waals surface area contributed by atoms with Gasteiger partial charge in [0.1, 0.15) is 5.75 Å². The maximum atomic E-state index is 9.35. The van der Waals surface area contributed by atoms with Gasteiger partial charge in [-0.05, 0) is 37.6 Å². The van der Waals surface area contributed by atoms with Crippen molar-refractivity contribution in [3.8, 4) is 5.75 Å². The van der Waals surface area contributed by atoms with Crippen LogP contribution in [0.2, 0.25) is 0 Å². The maximum absolute atomic E-state index is 9.35. The Morgan fingerprint density at radius 2 is 1.95 bits per heavy atom. The summed E-state index contributed by atoms with van der Waals surface area (Å²) in [5.41, 5.74) is 1.29. The lowest BCUT2D eigenvalue weighted by Crippen LogP contribution is -2.44. The van der Waals surface area contributed by atoms with Crippen molar-refractivity contribution in [2.75, 3.05) is 18.6 Å². The molecule has 19 heavy (non-hydrogen) atoms. The van der Waals surface area contributed by atoms with E-state index in [9.17, 15) is 5.11 Å². The number of benzene rings is 1. The molecule has 1 aliphatic heterocycles. The van der Waals surface area contributed by atoms with Crippen molar-refractivity contribution in [1.82, 2.24) is 5.32 Å². The van der Waals surface area contributed by atoms with Crippen LogP contribution in [0, 0.1) is 0 Å². The fraction of sp³-hybridized carbons (Fsp3) is 0.600. The number of hydrogen-bond acceptors (Lipinski definition) is 4. The molecule has 3 unspecified atom stereocenters. The van der Waals surface area contributed by atoms with Crippen molar-refractivity contribution in [2.45, 2.75) is 36.3 Å². The largest absolute Gasteiger partial charge is 0.508 e. The average molecular weight is 297 g/mol. The van der Waals surface area contributed by atoms with Gasteiger partial charge in [0.15, 0.2) is 0 Å². The molecule has 2 nitrogen and oxygen atoms in total. The topological polar surface area (TPSA) is 32.3 Å². The molecule has 1 aromatic carbocycles. The van der Waals surface area contributed by atoms with Crippen molar-refractivity contribution in [1.29, 1.82) is 0 Å². The molecule has 0 aromatic heterocycles. The highest BCUT2D eigenvalue weighted by atomic mass is 32.2. The van der Waals surface area contributed by atoms with Crippen LogP contribution in [0.15, 0.2) is 24.3 Å². The molecule has 2 N–H and O–H groups in total. The maximum Gasteiger partial charge on any atom is 0.115 e. The number of phenols is 1. The summed E-state index contributed by atoms with van der Waals surface area (Å²) in [7, 11) is 2.07. The second-order valence-corrected chi connectivity index (χ2v) is 7.55. The summed E-state index contributed by atoms with van der Waals surface area (Å²) in [5.74, 6) is 2.90. The molecular formula is C15H23NOS2. The van der Waals surface area contributed by atoms with Crippen molar-refractivity contribution < 1.29 is 5.11 Å². The summed E-state index contributed by atoms with van der Waals surface area (Å²) in [6.45, 7) is 2.30. The van der Waals surface area contributed by atoms with E-state index in [1.54, 1.807) is 12.1 Å². The van der Waals surface area contributed by atoms with Gasteiger partial charge in [-0.15, -0.1) is 0 Å². The van der Waals surface area contributed by atoms with Gasteiger partial charge in [0.05, 0.1) is 0 Å². The Labute approximate surface area is 124 Å². The molecule has 0 saturated carbocycles. The Morgan fingerprint density at radius 3 is 2.58 bits per heavy atom. The molecule has 3 atom stereocenters. The number of likely N-dealkylation sites (N-methyl/N-ethyl adjacent to an activating group) is 1. The zero-order chi connectivity index (χ0) is 13.7. The predicted molar refractivity (Wildman–Crippen MR) is 87.4 cm³/mol. The van der Waals surface area contributed by atoms with Crippen LogP contribution >= 0.6 is 23.5 Å². The second-order valence-electron chi connectivity index (χ2n) is 4.92. The summed E-state index contributed by atoms with van der Waals surface area (Å²) < 4.78 is 0. The highest BCUT2D eigenvalue weighted by molar-refractivity contribution is 8.07. The van der Waals surface area contributed by atoms with Crippen LogP contribution in [0.4, 0.5) is 0 Å². The molecule has 1 fully saturated rings. The highest BCUT2D eigenvalue weighted by Crippen LogP contribution is 2.36. The third-order valence-corrected chi connectivity index (χ3v) is 7.06. The van der Waals surface area contributed by atoms with E-state index in [0.717, 1.165) is 11.7 Å². The van der Waals surface area contributed by atoms with Gasteiger partial charge in [0, 0.05) is 28.0 Å². The van der Waals surface area contributed by atoms with E-state index < -0.39 is 0 Å². The van der Waals surface area contributed by atoms with E-state index in [4.69, 9.17) is 0 Å². The minimum atomic E-state index is 0.346. The Balaban J connectivity index is 2.04. The third kappa shape index (κ3) is 4.07. The first-order valence-electron chi connectivity index (χ1n) is 6.93. The van der Waals surface area contributed by atoms with Crippen LogP contribution in [-0.4, -0.2) is 40.2 Å². The lowest BCUT2D eigenvalue weighted by molar-refractivity contribution is 0.474. The average Bonchev–Trinajstić information content (AvgIpc) is 2.46. The standard InChI is InChI=1S/C15H23NOS2/c1-3-14-15(19-9-8-18-14)13(16-2)10-11-4-6-12(17)7-5-11/h4-7,13-17H,3,8-10H2,1-2H3. The van der Waals surface area contributed by atoms with E-state index in [1.807, 2.05) is 12.1 Å². The first kappa shape index (κ1) is 15.1. The monoisotopic (exact) mass is 297 g/mol. The first-order chi connectivity index (χ1) is 9.24. The van der Waals surface area contributed by atoms with Crippen LogP contribution in [0.1, 0.15) is 18.9 Å². The molecule has 1 heterocycles. The van der Waals surface area contributed by atoms with Gasteiger partial charge in [-0.25, -0.2) is 0 Å². The molecule has 106 valence electrons. The molecule has 0 aliphatic carbocycles. The number of aromatic hydroxyl groups is 1. The van der Waals surface area contributed by atoms with Gasteiger partial charge in [-0.1, -0.05) is 19.1 Å². The Morgan fingerprint density at radius 1 is 1.26 bits per heavy atom. The fourth-order valence-corrected chi connectivity index (χ4v) is 5.88. The first-order valence-corrected chi connectivity index (χ1v) is 9.02. The third-order valence-electron chi connectivity index (χ3n) is 3.65. The van der Waals surface area contributed by atoms with Crippen LogP contribution in [0.5, 0.6) is 5.75 Å². The number of thioether (sulfide) groups is 2. The summed E-state index contributed by atoms with van der Waals surface area (Å²) >= 11 is 4.25. The van der Waals surface area contributed by atoms with Crippen molar-refractivity contribution in [3.05, 3.63) is 29.8 Å². The molecule has 0 radical (unpaired) electrons. The van der Waals surface area contributed by atoms with Gasteiger partial charge in [0.25, 0.3) is 0 Å². The highest BCUT2D eigenvalue weighted by Gasteiger charge is 2.31. The lowest BCUT2D eigenvalue weighted by atomic mass is 10.00. The Kier molecular flexibility index (Phi) is 5.92. The summed E-state index contributed by atoms with van der Waals surface area (Å²) in [6.07, 6.45) is 2.28. The van der Waals surface area contributed by atoms with Gasteiger partial charge in [0.2, 0.25) is 0 Å². The lowest BCUT2D eigenvalue weighted by Gasteiger charge is -2.36. The number of hydrogen-bond donors (Lipinski definition) is 2. The minimum Gasteiger partial charge on any atom is -0.508 e. The minimum absolute atomic E-state index is 0.346. The van der Waals surface area contributed by atoms with Crippen LogP contribution in [-0.2, 0) is 6.42 Å². The molecular weight excluding hydrogens is 274 g/mol. The van der Waals surface area contributed by atoms with Gasteiger partial charge < -0.3 is 10.4 Å². The van der Waals surface area contributed by atoms with Crippen LogP contribution in [0.25, 0.3) is 0 Å². The smallest absolute Gasteiger partial charge is 0.115 e. The molecule has 0 spiro atoms. The normalized spacial score (nSPS) is 25.2. The van der Waals surface area contributed by atoms with Gasteiger partial charge in [-0.2, -0.15) is 23.5 Å². The predicted octanol–water partition coefficient (Wildman–Crippen LogP) is 3.15. The molecule has 1 aliphatic rings. The Bertz CT molecular complexity index is 382. The zero-order valence-electron chi connectivity index (χ0n) is 11.6. The van der Waals surface area contributed by atoms with E-state index >= 15 is 0 Å². The van der Waals surface area contributed by atoms with Gasteiger partial charge in [-0.3, -0.25) is 0 Å². The molecule has 0 bridgehead atoms. The number of nitrogens with one attached hydrogen (secondary N) is 1. The van der Waals surface area contributed by atoms with E-state index in [-0.39, 0.29) is 0 Å². The molecule has 2 rings (SSSR count). The van der Waals surface area contributed by atoms with E-state index in [0.29, 0.717) is 17.0 Å². The van der Waals surface area contributed by atoms with Crippen LogP contribution in [0.3, 0.4) is 0 Å². The van der Waals surface area contributed by atoms with Crippen molar-refractivity contribution >= 4 is 23.5 Å². The van der Waals surface area contributed by atoms with Crippen molar-refractivity contribution in [2.24, 2.45) is 0 Å². The molecule has 1 aromatic rings. The van der Waals surface area contributed by atoms with E-state index in [2.05, 4.69) is 42.8 Å². The van der Waals surface area contributed by atoms with Gasteiger partial charge >= 0.3 is 0 Å². The quantitative estimate of drug-likeness (QED) is 0.874. The van der Waals surface area contributed by atoms with E-state index in [1.165, 1.54) is 23.5 Å². The zero-order valence-corrected chi connectivity index (χ0v) is 13.3. The summed E-state index contributed by atoms with van der Waals surface area (Å²) in [4.78, 5) is 0. The number of rotatable bonds is 5. The molecule has 0 amide bonds. The summed E-state index contributed by atoms with van der Waals surface area (Å²) in [6, 6.07) is 8.12. The number of phenolic OH excluding ortho intramolecular Hbond substituents is 1. The molecule has 4 heteroatoms. The SMILES string of the molecule is CCC1SCCSC1C(Cc1ccc(O)cc1)NC. The Hall–Kier alpha value is -0.320. The van der Waals surface area contributed by atoms with Crippen molar-refractivity contribution in [3.63, 3.8) is 0 Å².